The van der Waals surface area contributed by atoms with Crippen LogP contribution in [0.3, 0.4) is 0 Å². The maximum atomic E-state index is 11.9. The summed E-state index contributed by atoms with van der Waals surface area (Å²) in [4.78, 5) is 13.8. The molecular weight excluding hydrogens is 287 g/mol. The van der Waals surface area contributed by atoms with E-state index in [4.69, 9.17) is 28.3 Å². The first-order valence-corrected chi connectivity index (χ1v) is 6.79. The second-order valence-electron chi connectivity index (χ2n) is 4.46. The van der Waals surface area contributed by atoms with Crippen molar-refractivity contribution in [1.82, 2.24) is 4.90 Å². The average molecular weight is 305 g/mol. The van der Waals surface area contributed by atoms with Crippen LogP contribution in [0.4, 0.5) is 5.69 Å². The molecule has 0 radical (unpaired) electrons. The van der Waals surface area contributed by atoms with Gasteiger partial charge in [0.05, 0.1) is 23.2 Å². The van der Waals surface area contributed by atoms with Gasteiger partial charge in [0.2, 0.25) is 5.91 Å². The Hall–Kier alpha value is -0.810. The summed E-state index contributed by atoms with van der Waals surface area (Å²) in [6.07, 6.45) is 0. The molecule has 1 aromatic carbocycles. The van der Waals surface area contributed by atoms with E-state index in [1.807, 2.05) is 18.7 Å². The number of nitrogens with zero attached hydrogens (tertiary/aromatic N) is 1. The first-order valence-electron chi connectivity index (χ1n) is 6.04. The number of hydrogen-bond acceptors (Lipinski definition) is 3. The minimum absolute atomic E-state index is 0.0260. The van der Waals surface area contributed by atoms with Crippen molar-refractivity contribution in [3.05, 3.63) is 28.2 Å². The molecule has 106 valence electrons. The molecule has 0 unspecified atom stereocenters. The third kappa shape index (κ3) is 5.37. The smallest absolute Gasteiger partial charge is 0.238 e. The van der Waals surface area contributed by atoms with Gasteiger partial charge in [-0.3, -0.25) is 9.69 Å². The number of carbonyl (C=O) groups excluding carboxylic acids is 1. The highest BCUT2D eigenvalue weighted by atomic mass is 35.5. The van der Waals surface area contributed by atoms with Crippen molar-refractivity contribution >= 4 is 34.8 Å². The maximum absolute atomic E-state index is 11.9. The Balaban J connectivity index is 2.61. The van der Waals surface area contributed by atoms with Gasteiger partial charge in [0.15, 0.2) is 0 Å². The third-order valence-electron chi connectivity index (χ3n) is 2.67. The summed E-state index contributed by atoms with van der Waals surface area (Å²) in [5.41, 5.74) is 0.604. The molecule has 0 fully saturated rings. The van der Waals surface area contributed by atoms with E-state index in [0.29, 0.717) is 22.3 Å². The number of aliphatic hydroxyl groups excluding tert-OH is 1. The predicted molar refractivity (Wildman–Crippen MR) is 78.9 cm³/mol. The maximum Gasteiger partial charge on any atom is 0.238 e. The van der Waals surface area contributed by atoms with Crippen LogP contribution in [0.5, 0.6) is 0 Å². The quantitative estimate of drug-likeness (QED) is 0.849. The highest BCUT2D eigenvalue weighted by Crippen LogP contribution is 2.24. The number of benzene rings is 1. The van der Waals surface area contributed by atoms with E-state index in [1.165, 1.54) is 0 Å². The molecule has 0 aromatic heterocycles. The lowest BCUT2D eigenvalue weighted by molar-refractivity contribution is -0.117. The fourth-order valence-electron chi connectivity index (χ4n) is 1.61. The van der Waals surface area contributed by atoms with Crippen LogP contribution in [0.25, 0.3) is 0 Å². The van der Waals surface area contributed by atoms with Crippen LogP contribution < -0.4 is 5.32 Å². The van der Waals surface area contributed by atoms with Gasteiger partial charge in [-0.25, -0.2) is 0 Å². The Morgan fingerprint density at radius 2 is 2.05 bits per heavy atom. The van der Waals surface area contributed by atoms with Crippen molar-refractivity contribution in [2.45, 2.75) is 19.9 Å². The van der Waals surface area contributed by atoms with Crippen LogP contribution in [0, 0.1) is 0 Å². The summed E-state index contributed by atoms with van der Waals surface area (Å²) in [5.74, 6) is -0.152. The lowest BCUT2D eigenvalue weighted by Gasteiger charge is -2.24. The number of rotatable bonds is 6. The largest absolute Gasteiger partial charge is 0.395 e. The Morgan fingerprint density at radius 3 is 2.58 bits per heavy atom. The highest BCUT2D eigenvalue weighted by Gasteiger charge is 2.13. The molecule has 0 aliphatic rings. The third-order valence-corrected chi connectivity index (χ3v) is 3.41. The SMILES string of the molecule is CC(C)N(CCO)CC(=O)Nc1ccc(Cl)c(Cl)c1. The highest BCUT2D eigenvalue weighted by molar-refractivity contribution is 6.42. The first kappa shape index (κ1) is 16.2. The number of carbonyl (C=O) groups is 1. The summed E-state index contributed by atoms with van der Waals surface area (Å²) in [7, 11) is 0. The van der Waals surface area contributed by atoms with Crippen LogP contribution in [0.2, 0.25) is 10.0 Å². The summed E-state index contributed by atoms with van der Waals surface area (Å²) < 4.78 is 0. The van der Waals surface area contributed by atoms with Crippen LogP contribution in [-0.4, -0.2) is 41.7 Å². The van der Waals surface area contributed by atoms with Gasteiger partial charge >= 0.3 is 0 Å². The van der Waals surface area contributed by atoms with Gasteiger partial charge in [-0.05, 0) is 32.0 Å². The second-order valence-corrected chi connectivity index (χ2v) is 5.28. The second kappa shape index (κ2) is 7.70. The van der Waals surface area contributed by atoms with Crippen molar-refractivity contribution in [3.8, 4) is 0 Å². The molecule has 0 spiro atoms. The molecule has 0 saturated heterocycles. The van der Waals surface area contributed by atoms with Crippen LogP contribution >= 0.6 is 23.2 Å². The van der Waals surface area contributed by atoms with Crippen LogP contribution in [0.15, 0.2) is 18.2 Å². The predicted octanol–water partition coefficient (Wildman–Crippen LogP) is 2.63. The van der Waals surface area contributed by atoms with Crippen molar-refractivity contribution in [2.75, 3.05) is 25.0 Å². The molecule has 0 saturated carbocycles. The van der Waals surface area contributed by atoms with E-state index < -0.39 is 0 Å². The lowest BCUT2D eigenvalue weighted by atomic mass is 10.3. The Labute approximate surface area is 123 Å². The average Bonchev–Trinajstić information content (AvgIpc) is 2.33. The number of amides is 1. The van der Waals surface area contributed by atoms with Gasteiger partial charge < -0.3 is 10.4 Å². The zero-order valence-electron chi connectivity index (χ0n) is 11.0. The van der Waals surface area contributed by atoms with E-state index in [1.54, 1.807) is 18.2 Å². The molecule has 2 N–H and O–H groups in total. The van der Waals surface area contributed by atoms with Gasteiger partial charge in [-0.15, -0.1) is 0 Å². The number of nitrogens with one attached hydrogen (secondary N) is 1. The fourth-order valence-corrected chi connectivity index (χ4v) is 1.91. The van der Waals surface area contributed by atoms with Crippen LogP contribution in [-0.2, 0) is 4.79 Å². The molecule has 0 heterocycles. The van der Waals surface area contributed by atoms with Gasteiger partial charge in [0, 0.05) is 18.3 Å². The van der Waals surface area contributed by atoms with E-state index in [2.05, 4.69) is 5.32 Å². The van der Waals surface area contributed by atoms with Crippen molar-refractivity contribution in [1.29, 1.82) is 0 Å². The number of anilines is 1. The molecule has 1 aromatic rings. The summed E-state index contributed by atoms with van der Waals surface area (Å²) in [6, 6.07) is 5.12. The Morgan fingerprint density at radius 1 is 1.37 bits per heavy atom. The molecular formula is C13H18Cl2N2O2. The van der Waals surface area contributed by atoms with E-state index in [0.717, 1.165) is 0 Å². The normalized spacial score (nSPS) is 11.1. The molecule has 6 heteroatoms. The standard InChI is InChI=1S/C13H18Cl2N2O2/c1-9(2)17(5-6-18)8-13(19)16-10-3-4-11(14)12(15)7-10/h3-4,7,9,18H,5-6,8H2,1-2H3,(H,16,19). The van der Waals surface area contributed by atoms with Crippen LogP contribution in [0.1, 0.15) is 13.8 Å². The van der Waals surface area contributed by atoms with E-state index >= 15 is 0 Å². The van der Waals surface area contributed by atoms with E-state index in [9.17, 15) is 4.79 Å². The molecule has 4 nitrogen and oxygen atoms in total. The zero-order chi connectivity index (χ0) is 14.4. The monoisotopic (exact) mass is 304 g/mol. The molecule has 0 atom stereocenters. The molecule has 19 heavy (non-hydrogen) atoms. The molecule has 1 rings (SSSR count). The van der Waals surface area contributed by atoms with Crippen molar-refractivity contribution in [3.63, 3.8) is 0 Å². The van der Waals surface area contributed by atoms with Gasteiger partial charge in [-0.2, -0.15) is 0 Å². The summed E-state index contributed by atoms with van der Waals surface area (Å²) >= 11 is 11.7. The molecule has 0 aliphatic carbocycles. The first-order chi connectivity index (χ1) is 8.93. The van der Waals surface area contributed by atoms with Crippen molar-refractivity contribution < 1.29 is 9.90 Å². The topological polar surface area (TPSA) is 52.6 Å². The minimum atomic E-state index is -0.152. The lowest BCUT2D eigenvalue weighted by Crippen LogP contribution is -2.39. The number of hydrogen-bond donors (Lipinski definition) is 2. The van der Waals surface area contributed by atoms with Gasteiger partial charge in [0.25, 0.3) is 0 Å². The Bertz CT molecular complexity index is 439. The van der Waals surface area contributed by atoms with Gasteiger partial charge in [0.1, 0.15) is 0 Å². The van der Waals surface area contributed by atoms with Gasteiger partial charge in [-0.1, -0.05) is 23.2 Å². The molecule has 0 bridgehead atoms. The molecule has 0 aliphatic heterocycles. The summed E-state index contributed by atoms with van der Waals surface area (Å²) in [5, 5.41) is 12.5. The van der Waals surface area contributed by atoms with E-state index in [-0.39, 0.29) is 25.1 Å². The minimum Gasteiger partial charge on any atom is -0.395 e. The molecule has 1 amide bonds. The number of aliphatic hydroxyl groups is 1. The summed E-state index contributed by atoms with van der Waals surface area (Å²) in [6.45, 7) is 4.66. The number of halogens is 2. The fraction of sp³-hybridized carbons (Fsp3) is 0.462. The van der Waals surface area contributed by atoms with Crippen molar-refractivity contribution in [2.24, 2.45) is 0 Å². The Kier molecular flexibility index (Phi) is 6.58. The zero-order valence-corrected chi connectivity index (χ0v) is 12.5.